The molecule has 190 valence electrons. The number of nitrogens with zero attached hydrogens (tertiary/aromatic N) is 2. The van der Waals surface area contributed by atoms with Crippen molar-refractivity contribution in [3.8, 4) is 5.69 Å². The molecule has 0 saturated heterocycles. The number of hydrogen-bond donors (Lipinski definition) is 2. The van der Waals surface area contributed by atoms with E-state index in [2.05, 4.69) is 24.3 Å². The number of benzene rings is 2. The van der Waals surface area contributed by atoms with Gasteiger partial charge in [0.05, 0.1) is 16.8 Å². The lowest BCUT2D eigenvalue weighted by Crippen LogP contribution is -2.48. The minimum absolute atomic E-state index is 0.0586. The summed E-state index contributed by atoms with van der Waals surface area (Å²) in [5.74, 6) is 0.432. The summed E-state index contributed by atoms with van der Waals surface area (Å²) >= 11 is 0. The Bertz CT molecular complexity index is 1360. The summed E-state index contributed by atoms with van der Waals surface area (Å²) in [5, 5.41) is 18.9. The maximum atomic E-state index is 11.6. The molecule has 0 atom stereocenters. The third-order valence-corrected chi connectivity index (χ3v) is 9.01. The quantitative estimate of drug-likeness (QED) is 0.371. The second-order valence-electron chi connectivity index (χ2n) is 11.5. The van der Waals surface area contributed by atoms with E-state index in [0.29, 0.717) is 11.1 Å². The van der Waals surface area contributed by atoms with Gasteiger partial charge in [0.25, 0.3) is 0 Å². The van der Waals surface area contributed by atoms with E-state index in [0.717, 1.165) is 40.4 Å². The molecule has 4 fully saturated rings. The molecule has 4 aliphatic carbocycles. The van der Waals surface area contributed by atoms with Crippen molar-refractivity contribution in [1.82, 2.24) is 4.57 Å². The highest BCUT2D eigenvalue weighted by atomic mass is 16.4. The largest absolute Gasteiger partial charge is 0.478 e. The van der Waals surface area contributed by atoms with Gasteiger partial charge in [-0.25, -0.2) is 9.59 Å². The van der Waals surface area contributed by atoms with Gasteiger partial charge in [-0.05, 0) is 118 Å². The van der Waals surface area contributed by atoms with E-state index < -0.39 is 11.9 Å². The highest BCUT2D eigenvalue weighted by Crippen LogP contribution is 2.60. The zero-order valence-corrected chi connectivity index (χ0v) is 21.3. The van der Waals surface area contributed by atoms with Crippen molar-refractivity contribution in [3.63, 3.8) is 0 Å². The molecule has 3 aromatic rings. The summed E-state index contributed by atoms with van der Waals surface area (Å²) < 4.78 is 1.87. The Morgan fingerprint density at radius 1 is 0.865 bits per heavy atom. The van der Waals surface area contributed by atoms with Crippen LogP contribution < -0.4 is 0 Å². The first-order valence-electron chi connectivity index (χ1n) is 13.2. The van der Waals surface area contributed by atoms with Crippen molar-refractivity contribution in [1.29, 1.82) is 0 Å². The van der Waals surface area contributed by atoms with Crippen LogP contribution >= 0.6 is 0 Å². The number of rotatable bonds is 6. The maximum absolute atomic E-state index is 11.6. The predicted molar refractivity (Wildman–Crippen MR) is 143 cm³/mol. The van der Waals surface area contributed by atoms with Crippen LogP contribution in [-0.2, 0) is 5.41 Å². The Labute approximate surface area is 216 Å². The highest BCUT2D eigenvalue weighted by molar-refractivity contribution is 5.95. The van der Waals surface area contributed by atoms with Crippen molar-refractivity contribution in [2.75, 3.05) is 0 Å². The zero-order chi connectivity index (χ0) is 25.9. The van der Waals surface area contributed by atoms with Crippen LogP contribution in [-0.4, -0.2) is 32.9 Å². The Morgan fingerprint density at radius 3 is 1.92 bits per heavy atom. The van der Waals surface area contributed by atoms with Gasteiger partial charge in [0, 0.05) is 28.9 Å². The van der Waals surface area contributed by atoms with E-state index >= 15 is 0 Å². The molecule has 4 bridgehead atoms. The predicted octanol–water partition coefficient (Wildman–Crippen LogP) is 6.71. The van der Waals surface area contributed by atoms with Gasteiger partial charge in [-0.3, -0.25) is 4.99 Å². The van der Waals surface area contributed by atoms with Crippen LogP contribution in [0.2, 0.25) is 0 Å². The van der Waals surface area contributed by atoms with Crippen molar-refractivity contribution in [2.45, 2.75) is 57.8 Å². The minimum Gasteiger partial charge on any atom is -0.478 e. The summed E-state index contributed by atoms with van der Waals surface area (Å²) in [7, 11) is 0. The fraction of sp³-hybridized carbons (Fsp3) is 0.387. The number of carboxylic acid groups (broad SMARTS) is 2. The van der Waals surface area contributed by atoms with E-state index in [4.69, 9.17) is 4.99 Å². The van der Waals surface area contributed by atoms with E-state index in [9.17, 15) is 19.8 Å². The highest BCUT2D eigenvalue weighted by Gasteiger charge is 2.51. The lowest BCUT2D eigenvalue weighted by Gasteiger charge is -2.57. The molecule has 1 aromatic heterocycles. The SMILES string of the molecule is Cc1cc(C=Nc2ccc(C34CC5CC(CC(C5)C3)C4)cc2)c(C)n1-c1cc(C(=O)O)cc(C(=O)O)c1. The summed E-state index contributed by atoms with van der Waals surface area (Å²) in [6.45, 7) is 3.84. The number of hydrogen-bond acceptors (Lipinski definition) is 3. The van der Waals surface area contributed by atoms with Crippen LogP contribution in [0.15, 0.2) is 53.5 Å². The molecular weight excluding hydrogens is 464 g/mol. The smallest absolute Gasteiger partial charge is 0.335 e. The molecule has 1 heterocycles. The van der Waals surface area contributed by atoms with E-state index in [-0.39, 0.29) is 11.1 Å². The molecule has 0 amide bonds. The van der Waals surface area contributed by atoms with Gasteiger partial charge in [0.2, 0.25) is 0 Å². The topological polar surface area (TPSA) is 91.9 Å². The van der Waals surface area contributed by atoms with E-state index in [1.807, 2.05) is 30.7 Å². The molecule has 2 aromatic carbocycles. The number of aromatic nitrogens is 1. The van der Waals surface area contributed by atoms with Gasteiger partial charge in [-0.2, -0.15) is 0 Å². The second kappa shape index (κ2) is 8.72. The number of aromatic carboxylic acids is 2. The third-order valence-electron chi connectivity index (χ3n) is 9.01. The molecule has 0 radical (unpaired) electrons. The van der Waals surface area contributed by atoms with E-state index in [1.165, 1.54) is 62.3 Å². The summed E-state index contributed by atoms with van der Waals surface area (Å²) in [6, 6.07) is 15.0. The number of aliphatic imine (C=N–C) groups is 1. The lowest BCUT2D eigenvalue weighted by molar-refractivity contribution is -0.00518. The fourth-order valence-electron chi connectivity index (χ4n) is 7.81. The molecule has 0 aliphatic heterocycles. The Kier molecular flexibility index (Phi) is 5.59. The number of carboxylic acids is 2. The molecule has 37 heavy (non-hydrogen) atoms. The normalized spacial score (nSPS) is 26.2. The Balaban J connectivity index is 1.26. The number of aryl methyl sites for hydroxylation is 1. The molecule has 6 nitrogen and oxygen atoms in total. The first kappa shape index (κ1) is 23.7. The number of carbonyl (C=O) groups is 2. The Hall–Kier alpha value is -3.67. The summed E-state index contributed by atoms with van der Waals surface area (Å²) in [6.07, 6.45) is 10.2. The van der Waals surface area contributed by atoms with Crippen LogP contribution in [0.4, 0.5) is 5.69 Å². The summed E-state index contributed by atoms with van der Waals surface area (Å²) in [4.78, 5) is 27.9. The standard InChI is InChI=1S/C31H32N2O4/c1-18-7-25(19(2)33(18)28-12-23(29(34)35)11-24(13-28)30(36)37)17-32-27-5-3-26(4-6-27)31-14-20-8-21(15-31)10-22(9-20)16-31/h3-7,11-13,17,20-22H,8-10,14-16H2,1-2H3,(H,34,35)(H,36,37). The van der Waals surface area contributed by atoms with Crippen LogP contribution in [0.5, 0.6) is 0 Å². The van der Waals surface area contributed by atoms with Gasteiger partial charge >= 0.3 is 11.9 Å². The molecule has 7 rings (SSSR count). The lowest BCUT2D eigenvalue weighted by atomic mass is 9.48. The Morgan fingerprint density at radius 2 is 1.41 bits per heavy atom. The molecule has 2 N–H and O–H groups in total. The van der Waals surface area contributed by atoms with E-state index in [1.54, 1.807) is 0 Å². The third kappa shape index (κ3) is 4.18. The van der Waals surface area contributed by atoms with Gasteiger partial charge in [0.1, 0.15) is 0 Å². The summed E-state index contributed by atoms with van der Waals surface area (Å²) in [5.41, 5.74) is 5.79. The molecule has 0 spiro atoms. The maximum Gasteiger partial charge on any atom is 0.335 e. The molecule has 6 heteroatoms. The molecular formula is C31H32N2O4. The average molecular weight is 497 g/mol. The van der Waals surface area contributed by atoms with Gasteiger partial charge < -0.3 is 14.8 Å². The van der Waals surface area contributed by atoms with Crippen LogP contribution in [0.3, 0.4) is 0 Å². The van der Waals surface area contributed by atoms with Crippen LogP contribution in [0.25, 0.3) is 5.69 Å². The van der Waals surface area contributed by atoms with Crippen molar-refractivity contribution >= 4 is 23.8 Å². The van der Waals surface area contributed by atoms with Gasteiger partial charge in [0.15, 0.2) is 0 Å². The van der Waals surface area contributed by atoms with Crippen molar-refractivity contribution in [2.24, 2.45) is 22.7 Å². The van der Waals surface area contributed by atoms with Crippen molar-refractivity contribution in [3.05, 3.63) is 82.2 Å². The zero-order valence-electron chi connectivity index (χ0n) is 21.3. The van der Waals surface area contributed by atoms with Gasteiger partial charge in [-0.1, -0.05) is 12.1 Å². The first-order chi connectivity index (χ1) is 17.7. The van der Waals surface area contributed by atoms with Gasteiger partial charge in [-0.15, -0.1) is 0 Å². The second-order valence-corrected chi connectivity index (χ2v) is 11.5. The minimum atomic E-state index is -1.16. The molecule has 0 unspecified atom stereocenters. The molecule has 4 aliphatic rings. The molecule has 4 saturated carbocycles. The average Bonchev–Trinajstić information content (AvgIpc) is 3.14. The fourth-order valence-corrected chi connectivity index (χ4v) is 7.81. The van der Waals surface area contributed by atoms with Crippen LogP contribution in [0.1, 0.15) is 81.8 Å². The monoisotopic (exact) mass is 496 g/mol. The van der Waals surface area contributed by atoms with Crippen LogP contribution in [0, 0.1) is 31.6 Å². The van der Waals surface area contributed by atoms with Crippen molar-refractivity contribution < 1.29 is 19.8 Å². The first-order valence-corrected chi connectivity index (χ1v) is 13.2.